The molecule has 2 amide bonds. The van der Waals surface area contributed by atoms with E-state index in [9.17, 15) is 22.8 Å². The number of rotatable bonds is 5. The molecule has 1 saturated heterocycles. The van der Waals surface area contributed by atoms with E-state index < -0.39 is 23.0 Å². The number of halogens is 3. The van der Waals surface area contributed by atoms with Gasteiger partial charge in [-0.25, -0.2) is 0 Å². The van der Waals surface area contributed by atoms with Crippen LogP contribution in [0, 0.1) is 5.92 Å². The maximum absolute atomic E-state index is 12.6. The van der Waals surface area contributed by atoms with Gasteiger partial charge in [0.25, 0.3) is 0 Å². The van der Waals surface area contributed by atoms with Gasteiger partial charge in [0.2, 0.25) is 22.0 Å². The summed E-state index contributed by atoms with van der Waals surface area (Å²) in [6.45, 7) is 0.0408. The molecule has 150 valence electrons. The smallest absolute Gasteiger partial charge is 0.445 e. The number of alkyl halides is 3. The number of hydrogen-bond acceptors (Lipinski definition) is 7. The van der Waals surface area contributed by atoms with Crippen LogP contribution in [0.3, 0.4) is 0 Å². The Bertz CT molecular complexity index is 902. The number of amides is 2. The summed E-state index contributed by atoms with van der Waals surface area (Å²) in [5.41, 5.74) is 0.442. The molecule has 3 rings (SSSR count). The van der Waals surface area contributed by atoms with Gasteiger partial charge in [-0.1, -0.05) is 11.3 Å². The van der Waals surface area contributed by atoms with Crippen molar-refractivity contribution in [3.8, 4) is 11.5 Å². The van der Waals surface area contributed by atoms with Crippen molar-refractivity contribution >= 4 is 34.0 Å². The lowest BCUT2D eigenvalue weighted by atomic mass is 10.1. The lowest BCUT2D eigenvalue weighted by Crippen LogP contribution is -2.28. The van der Waals surface area contributed by atoms with Gasteiger partial charge in [0.1, 0.15) is 11.5 Å². The topological polar surface area (TPSA) is 93.7 Å². The molecule has 1 aromatic carbocycles. The summed E-state index contributed by atoms with van der Waals surface area (Å²) in [7, 11) is 2.93. The van der Waals surface area contributed by atoms with E-state index in [0.29, 0.717) is 17.2 Å². The Kier molecular flexibility index (Phi) is 5.40. The van der Waals surface area contributed by atoms with E-state index in [1.54, 1.807) is 18.2 Å². The summed E-state index contributed by atoms with van der Waals surface area (Å²) in [6.07, 6.45) is -4.74. The fraction of sp³-hybridized carbons (Fsp3) is 0.375. The normalized spacial score (nSPS) is 17.0. The van der Waals surface area contributed by atoms with Gasteiger partial charge >= 0.3 is 6.18 Å². The molecule has 1 aliphatic heterocycles. The van der Waals surface area contributed by atoms with Crippen molar-refractivity contribution in [2.24, 2.45) is 5.92 Å². The van der Waals surface area contributed by atoms with Gasteiger partial charge in [0, 0.05) is 19.0 Å². The quantitative estimate of drug-likeness (QED) is 0.805. The highest BCUT2D eigenvalue weighted by Gasteiger charge is 2.38. The number of nitrogens with zero attached hydrogens (tertiary/aromatic N) is 3. The maximum Gasteiger partial charge on any atom is 0.445 e. The lowest BCUT2D eigenvalue weighted by Gasteiger charge is -2.20. The van der Waals surface area contributed by atoms with Crippen LogP contribution in [-0.2, 0) is 15.8 Å². The van der Waals surface area contributed by atoms with Gasteiger partial charge in [-0.05, 0) is 12.1 Å². The second-order valence-electron chi connectivity index (χ2n) is 5.84. The Hall–Kier alpha value is -2.89. The zero-order valence-electron chi connectivity index (χ0n) is 14.7. The highest BCUT2D eigenvalue weighted by atomic mass is 32.1. The number of carbonyl (C=O) groups is 2. The lowest BCUT2D eigenvalue weighted by molar-refractivity contribution is -0.138. The largest absolute Gasteiger partial charge is 0.497 e. The third-order valence-corrected chi connectivity index (χ3v) is 4.95. The Balaban J connectivity index is 1.74. The van der Waals surface area contributed by atoms with Crippen molar-refractivity contribution < 1.29 is 32.2 Å². The van der Waals surface area contributed by atoms with E-state index in [1.807, 2.05) is 0 Å². The molecule has 8 nitrogen and oxygen atoms in total. The molecule has 1 atom stereocenters. The first-order chi connectivity index (χ1) is 13.2. The van der Waals surface area contributed by atoms with E-state index in [2.05, 4.69) is 15.5 Å². The molecule has 1 aromatic heterocycles. The minimum atomic E-state index is -4.64. The zero-order chi connectivity index (χ0) is 20.5. The van der Waals surface area contributed by atoms with Crippen molar-refractivity contribution in [1.29, 1.82) is 0 Å². The average Bonchev–Trinajstić information content (AvgIpc) is 3.27. The third kappa shape index (κ3) is 4.01. The van der Waals surface area contributed by atoms with Crippen molar-refractivity contribution in [3.05, 3.63) is 23.2 Å². The number of carbonyl (C=O) groups excluding carboxylic acids is 2. The summed E-state index contributed by atoms with van der Waals surface area (Å²) in [5, 5.41) is 7.19. The van der Waals surface area contributed by atoms with Gasteiger partial charge in [0.05, 0.1) is 25.8 Å². The number of ether oxygens (including phenoxy) is 2. The molecule has 2 heterocycles. The van der Waals surface area contributed by atoms with Gasteiger partial charge in [0.15, 0.2) is 0 Å². The molecular formula is C16H15F3N4O4S. The van der Waals surface area contributed by atoms with Crippen molar-refractivity contribution in [1.82, 2.24) is 10.2 Å². The summed E-state index contributed by atoms with van der Waals surface area (Å²) in [4.78, 5) is 26.2. The first-order valence-electron chi connectivity index (χ1n) is 7.97. The first-order valence-corrected chi connectivity index (χ1v) is 8.78. The van der Waals surface area contributed by atoms with E-state index in [4.69, 9.17) is 9.47 Å². The number of anilines is 2. The van der Waals surface area contributed by atoms with Crippen molar-refractivity contribution in [2.45, 2.75) is 12.6 Å². The number of aromatic nitrogens is 2. The summed E-state index contributed by atoms with van der Waals surface area (Å²) >= 11 is 0.222. The standard InChI is InChI=1S/C16H15F3N4O4S/c1-26-9-3-4-11(27-2)10(6-9)23-7-8(5-12(23)24)13(25)20-15-22-21-14(28-15)16(17,18)19/h3-4,6,8H,5,7H2,1-2H3,(H,20,22,25). The Morgan fingerprint density at radius 1 is 1.29 bits per heavy atom. The van der Waals surface area contributed by atoms with Crippen LogP contribution in [0.4, 0.5) is 24.0 Å². The predicted molar refractivity (Wildman–Crippen MR) is 93.5 cm³/mol. The van der Waals surface area contributed by atoms with Gasteiger partial charge < -0.3 is 19.7 Å². The van der Waals surface area contributed by atoms with E-state index in [-0.39, 0.29) is 35.3 Å². The highest BCUT2D eigenvalue weighted by Crippen LogP contribution is 2.37. The SMILES string of the molecule is COc1ccc(OC)c(N2CC(C(=O)Nc3nnc(C(F)(F)F)s3)CC2=O)c1. The Labute approximate surface area is 161 Å². The Morgan fingerprint density at radius 2 is 2.04 bits per heavy atom. The van der Waals surface area contributed by atoms with Crippen LogP contribution < -0.4 is 19.7 Å². The molecule has 0 spiro atoms. The van der Waals surface area contributed by atoms with Crippen LogP contribution in [-0.4, -0.2) is 42.8 Å². The summed E-state index contributed by atoms with van der Waals surface area (Å²) < 4.78 is 48.2. The second kappa shape index (κ2) is 7.62. The predicted octanol–water partition coefficient (Wildman–Crippen LogP) is 2.57. The van der Waals surface area contributed by atoms with Crippen molar-refractivity contribution in [2.75, 3.05) is 31.0 Å². The molecule has 2 aromatic rings. The van der Waals surface area contributed by atoms with Crippen LogP contribution in [0.1, 0.15) is 11.4 Å². The number of nitrogens with one attached hydrogen (secondary N) is 1. The maximum atomic E-state index is 12.6. The number of hydrogen-bond donors (Lipinski definition) is 1. The van der Waals surface area contributed by atoms with E-state index >= 15 is 0 Å². The molecule has 0 aliphatic carbocycles. The molecule has 1 aliphatic rings. The molecule has 1 N–H and O–H groups in total. The molecule has 0 radical (unpaired) electrons. The number of methoxy groups -OCH3 is 2. The van der Waals surface area contributed by atoms with Crippen molar-refractivity contribution in [3.63, 3.8) is 0 Å². The van der Waals surface area contributed by atoms with E-state index in [0.717, 1.165) is 0 Å². The molecule has 0 saturated carbocycles. The highest BCUT2D eigenvalue weighted by molar-refractivity contribution is 7.15. The molecule has 1 unspecified atom stereocenters. The fourth-order valence-electron chi connectivity index (χ4n) is 2.72. The zero-order valence-corrected chi connectivity index (χ0v) is 15.6. The summed E-state index contributed by atoms with van der Waals surface area (Å²) in [6, 6.07) is 4.91. The van der Waals surface area contributed by atoms with Gasteiger partial charge in [-0.3, -0.25) is 9.59 Å². The average molecular weight is 416 g/mol. The summed E-state index contributed by atoms with van der Waals surface area (Å²) in [5.74, 6) is -0.761. The minimum absolute atomic E-state index is 0.0408. The monoisotopic (exact) mass is 416 g/mol. The van der Waals surface area contributed by atoms with Crippen LogP contribution in [0.15, 0.2) is 18.2 Å². The molecular weight excluding hydrogens is 401 g/mol. The molecule has 12 heteroatoms. The molecule has 0 bridgehead atoms. The van der Waals surface area contributed by atoms with Crippen LogP contribution in [0.2, 0.25) is 0 Å². The fourth-order valence-corrected chi connectivity index (χ4v) is 3.33. The Morgan fingerprint density at radius 3 is 2.64 bits per heavy atom. The van der Waals surface area contributed by atoms with Gasteiger partial charge in [-0.2, -0.15) is 13.2 Å². The number of benzene rings is 1. The van der Waals surface area contributed by atoms with E-state index in [1.165, 1.54) is 19.1 Å². The molecule has 1 fully saturated rings. The third-order valence-electron chi connectivity index (χ3n) is 4.07. The second-order valence-corrected chi connectivity index (χ2v) is 6.82. The minimum Gasteiger partial charge on any atom is -0.497 e. The van der Waals surface area contributed by atoms with Crippen LogP contribution in [0.5, 0.6) is 11.5 Å². The first kappa shape index (κ1) is 19.9. The van der Waals surface area contributed by atoms with Crippen LogP contribution in [0.25, 0.3) is 0 Å². The van der Waals surface area contributed by atoms with Crippen LogP contribution >= 0.6 is 11.3 Å². The molecule has 28 heavy (non-hydrogen) atoms. The van der Waals surface area contributed by atoms with Gasteiger partial charge in [-0.15, -0.1) is 10.2 Å².